The molecule has 0 aromatic heterocycles. The topological polar surface area (TPSA) is 46.3 Å². The van der Waals surface area contributed by atoms with Gasteiger partial charge in [0.1, 0.15) is 0 Å². The molecule has 2 N–H and O–H groups in total. The van der Waals surface area contributed by atoms with Gasteiger partial charge < -0.3 is 10.6 Å². The van der Waals surface area contributed by atoms with E-state index in [9.17, 15) is 4.79 Å². The van der Waals surface area contributed by atoms with Crippen LogP contribution in [0.15, 0.2) is 30.3 Å². The van der Waals surface area contributed by atoms with Crippen LogP contribution in [0.4, 0.5) is 0 Å². The highest BCUT2D eigenvalue weighted by Crippen LogP contribution is 2.23. The monoisotopic (exact) mass is 288 g/mol. The first-order valence-corrected chi connectivity index (χ1v) is 8.29. The van der Waals surface area contributed by atoms with Gasteiger partial charge in [-0.25, -0.2) is 0 Å². The van der Waals surface area contributed by atoms with E-state index in [1.54, 1.807) is 0 Å². The van der Waals surface area contributed by atoms with E-state index in [0.29, 0.717) is 6.42 Å². The van der Waals surface area contributed by atoms with Crippen molar-refractivity contribution in [2.24, 2.45) is 11.7 Å². The number of likely N-dealkylation sites (tertiary alicyclic amines) is 1. The minimum absolute atomic E-state index is 0.187. The number of nitrogens with two attached hydrogens (primary N) is 1. The van der Waals surface area contributed by atoms with E-state index in [0.717, 1.165) is 37.4 Å². The second-order valence-electron chi connectivity index (χ2n) is 6.19. The first-order chi connectivity index (χ1) is 10.2. The first kappa shape index (κ1) is 16.0. The predicted molar refractivity (Wildman–Crippen MR) is 86.8 cm³/mol. The maximum Gasteiger partial charge on any atom is 0.224 e. The second kappa shape index (κ2) is 8.18. The Morgan fingerprint density at radius 2 is 2.05 bits per heavy atom. The SMILES string of the molecule is CCCC1CCCN(C(=O)CC(N)c2ccccc2)CC1. The molecule has 1 aromatic rings. The number of amides is 1. The van der Waals surface area contributed by atoms with E-state index in [1.165, 1.54) is 19.3 Å². The van der Waals surface area contributed by atoms with Crippen molar-refractivity contribution in [1.29, 1.82) is 0 Å². The molecular formula is C18H28N2O. The number of nitrogens with zero attached hydrogens (tertiary/aromatic N) is 1. The summed E-state index contributed by atoms with van der Waals surface area (Å²) in [7, 11) is 0. The molecule has 1 aliphatic heterocycles. The van der Waals surface area contributed by atoms with Gasteiger partial charge in [-0.2, -0.15) is 0 Å². The fraction of sp³-hybridized carbons (Fsp3) is 0.611. The van der Waals surface area contributed by atoms with Gasteiger partial charge in [0.2, 0.25) is 5.91 Å². The maximum atomic E-state index is 12.4. The number of hydrogen-bond acceptors (Lipinski definition) is 2. The van der Waals surface area contributed by atoms with Gasteiger partial charge >= 0.3 is 0 Å². The number of hydrogen-bond donors (Lipinski definition) is 1. The van der Waals surface area contributed by atoms with Gasteiger partial charge in [0.25, 0.3) is 0 Å². The number of benzene rings is 1. The average molecular weight is 288 g/mol. The molecule has 1 saturated heterocycles. The quantitative estimate of drug-likeness (QED) is 0.901. The summed E-state index contributed by atoms with van der Waals surface area (Å²) in [6, 6.07) is 9.73. The molecule has 3 nitrogen and oxygen atoms in total. The largest absolute Gasteiger partial charge is 0.343 e. The van der Waals surface area contributed by atoms with Gasteiger partial charge in [-0.1, -0.05) is 50.1 Å². The summed E-state index contributed by atoms with van der Waals surface area (Å²) in [4.78, 5) is 14.5. The van der Waals surface area contributed by atoms with Crippen LogP contribution in [0.25, 0.3) is 0 Å². The van der Waals surface area contributed by atoms with Gasteiger partial charge in [0.05, 0.1) is 0 Å². The third-order valence-corrected chi connectivity index (χ3v) is 4.52. The Hall–Kier alpha value is -1.35. The van der Waals surface area contributed by atoms with Crippen LogP contribution in [0.2, 0.25) is 0 Å². The summed E-state index contributed by atoms with van der Waals surface area (Å²) < 4.78 is 0. The maximum absolute atomic E-state index is 12.4. The van der Waals surface area contributed by atoms with Crippen LogP contribution >= 0.6 is 0 Å². The Morgan fingerprint density at radius 1 is 1.29 bits per heavy atom. The van der Waals surface area contributed by atoms with E-state index < -0.39 is 0 Å². The average Bonchev–Trinajstić information content (AvgIpc) is 2.74. The molecule has 3 heteroatoms. The fourth-order valence-electron chi connectivity index (χ4n) is 3.25. The summed E-state index contributed by atoms with van der Waals surface area (Å²) in [5.41, 5.74) is 7.22. The Bertz CT molecular complexity index is 432. The predicted octanol–water partition coefficient (Wildman–Crippen LogP) is 3.51. The molecular weight excluding hydrogens is 260 g/mol. The van der Waals surface area contributed by atoms with Crippen molar-refractivity contribution in [1.82, 2.24) is 4.90 Å². The zero-order valence-electron chi connectivity index (χ0n) is 13.1. The molecule has 1 aromatic carbocycles. The van der Waals surface area contributed by atoms with Crippen LogP contribution in [0.3, 0.4) is 0 Å². The zero-order valence-corrected chi connectivity index (χ0v) is 13.1. The van der Waals surface area contributed by atoms with Crippen molar-refractivity contribution >= 4 is 5.91 Å². The fourth-order valence-corrected chi connectivity index (χ4v) is 3.25. The lowest BCUT2D eigenvalue weighted by atomic mass is 9.96. The highest BCUT2D eigenvalue weighted by Gasteiger charge is 2.22. The molecule has 1 amide bonds. The third kappa shape index (κ3) is 4.85. The van der Waals surface area contributed by atoms with Gasteiger partial charge in [-0.3, -0.25) is 4.79 Å². The lowest BCUT2D eigenvalue weighted by Crippen LogP contribution is -2.34. The van der Waals surface area contributed by atoms with Gasteiger partial charge in [0, 0.05) is 25.6 Å². The van der Waals surface area contributed by atoms with Gasteiger partial charge in [-0.05, 0) is 30.7 Å². The molecule has 21 heavy (non-hydrogen) atoms. The van der Waals surface area contributed by atoms with Crippen LogP contribution in [0.1, 0.15) is 57.1 Å². The number of rotatable bonds is 5. The molecule has 2 rings (SSSR count). The highest BCUT2D eigenvalue weighted by atomic mass is 16.2. The summed E-state index contributed by atoms with van der Waals surface area (Å²) in [5, 5.41) is 0. The molecule has 0 radical (unpaired) electrons. The van der Waals surface area contributed by atoms with Crippen LogP contribution < -0.4 is 5.73 Å². The number of carbonyl (C=O) groups is 1. The van der Waals surface area contributed by atoms with Crippen LogP contribution in [-0.4, -0.2) is 23.9 Å². The van der Waals surface area contributed by atoms with Crippen molar-refractivity contribution in [2.75, 3.05) is 13.1 Å². The van der Waals surface area contributed by atoms with E-state index >= 15 is 0 Å². The molecule has 116 valence electrons. The normalized spacial score (nSPS) is 20.9. The Balaban J connectivity index is 1.85. The van der Waals surface area contributed by atoms with Crippen molar-refractivity contribution in [3.63, 3.8) is 0 Å². The van der Waals surface area contributed by atoms with Crippen LogP contribution in [0, 0.1) is 5.92 Å². The molecule has 1 heterocycles. The smallest absolute Gasteiger partial charge is 0.224 e. The van der Waals surface area contributed by atoms with E-state index in [1.807, 2.05) is 35.2 Å². The zero-order chi connectivity index (χ0) is 15.1. The molecule has 0 spiro atoms. The summed E-state index contributed by atoms with van der Waals surface area (Å²) in [6.45, 7) is 4.05. The molecule has 0 aliphatic carbocycles. The van der Waals surface area contributed by atoms with Crippen molar-refractivity contribution in [3.05, 3.63) is 35.9 Å². The molecule has 1 aliphatic rings. The lowest BCUT2D eigenvalue weighted by Gasteiger charge is -2.22. The Labute approximate surface area is 128 Å². The molecule has 2 atom stereocenters. The lowest BCUT2D eigenvalue weighted by molar-refractivity contribution is -0.131. The Morgan fingerprint density at radius 3 is 2.76 bits per heavy atom. The van der Waals surface area contributed by atoms with Crippen LogP contribution in [-0.2, 0) is 4.79 Å². The van der Waals surface area contributed by atoms with E-state index in [2.05, 4.69) is 6.92 Å². The standard InChI is InChI=1S/C18H28N2O/c1-2-7-15-8-6-12-20(13-11-15)18(21)14-17(19)16-9-4-3-5-10-16/h3-5,9-10,15,17H,2,6-8,11-14,19H2,1H3. The number of carbonyl (C=O) groups excluding carboxylic acids is 1. The molecule has 0 saturated carbocycles. The van der Waals surface area contributed by atoms with Crippen LogP contribution in [0.5, 0.6) is 0 Å². The second-order valence-corrected chi connectivity index (χ2v) is 6.19. The molecule has 0 bridgehead atoms. The van der Waals surface area contributed by atoms with Gasteiger partial charge in [0.15, 0.2) is 0 Å². The third-order valence-electron chi connectivity index (χ3n) is 4.52. The van der Waals surface area contributed by atoms with Crippen molar-refractivity contribution < 1.29 is 4.79 Å². The summed E-state index contributed by atoms with van der Waals surface area (Å²) >= 11 is 0. The van der Waals surface area contributed by atoms with Crippen molar-refractivity contribution in [2.45, 2.75) is 51.5 Å². The minimum atomic E-state index is -0.187. The molecule has 1 fully saturated rings. The van der Waals surface area contributed by atoms with E-state index in [-0.39, 0.29) is 11.9 Å². The van der Waals surface area contributed by atoms with Crippen molar-refractivity contribution in [3.8, 4) is 0 Å². The van der Waals surface area contributed by atoms with E-state index in [4.69, 9.17) is 5.73 Å². The van der Waals surface area contributed by atoms with Gasteiger partial charge in [-0.15, -0.1) is 0 Å². The minimum Gasteiger partial charge on any atom is -0.343 e. The Kier molecular flexibility index (Phi) is 6.24. The first-order valence-electron chi connectivity index (χ1n) is 8.29. The summed E-state index contributed by atoms with van der Waals surface area (Å²) in [5.74, 6) is 1.01. The highest BCUT2D eigenvalue weighted by molar-refractivity contribution is 5.77. The summed E-state index contributed by atoms with van der Waals surface area (Å²) in [6.07, 6.45) is 6.52. The molecule has 2 unspecified atom stereocenters.